The van der Waals surface area contributed by atoms with Crippen molar-refractivity contribution in [3.63, 3.8) is 0 Å². The first kappa shape index (κ1) is 25.5. The van der Waals surface area contributed by atoms with Crippen LogP contribution >= 0.6 is 24.0 Å². The number of guanidine groups is 1. The molecule has 0 rings (SSSR count). The number of aliphatic imine (C=N–C) groups is 1. The molecular formula is C16H35IN4O3. The van der Waals surface area contributed by atoms with Crippen LogP contribution in [0.2, 0.25) is 0 Å². The number of halogens is 1. The fraction of sp³-hybridized carbons (Fsp3) is 0.875. The van der Waals surface area contributed by atoms with Gasteiger partial charge in [-0.25, -0.2) is 4.79 Å². The van der Waals surface area contributed by atoms with Crippen LogP contribution in [0.15, 0.2) is 4.99 Å². The van der Waals surface area contributed by atoms with E-state index in [4.69, 9.17) is 9.84 Å². The minimum absolute atomic E-state index is 0. The van der Waals surface area contributed by atoms with Crippen LogP contribution in [0.3, 0.4) is 0 Å². The van der Waals surface area contributed by atoms with Crippen LogP contribution in [-0.2, 0) is 4.74 Å². The molecule has 1 atom stereocenters. The SMILES string of the molecule is CCCCC(CNC(=O)OC(C)(C)C)NC(=NCCO)NCC.I. The highest BCUT2D eigenvalue weighted by molar-refractivity contribution is 14.0. The summed E-state index contributed by atoms with van der Waals surface area (Å²) in [6.07, 6.45) is 2.62. The third-order valence-electron chi connectivity index (χ3n) is 2.85. The number of nitrogens with zero attached hydrogens (tertiary/aromatic N) is 1. The average molecular weight is 458 g/mol. The van der Waals surface area contributed by atoms with Crippen LogP contribution < -0.4 is 16.0 Å². The molecule has 0 aromatic carbocycles. The van der Waals surface area contributed by atoms with Gasteiger partial charge in [0.1, 0.15) is 5.60 Å². The van der Waals surface area contributed by atoms with E-state index >= 15 is 0 Å². The first-order valence-corrected chi connectivity index (χ1v) is 8.44. The Bertz CT molecular complexity index is 360. The average Bonchev–Trinajstić information content (AvgIpc) is 2.45. The normalized spacial score (nSPS) is 12.8. The van der Waals surface area contributed by atoms with Crippen molar-refractivity contribution in [1.29, 1.82) is 0 Å². The van der Waals surface area contributed by atoms with Crippen LogP contribution in [0, 0.1) is 0 Å². The Morgan fingerprint density at radius 1 is 1.25 bits per heavy atom. The lowest BCUT2D eigenvalue weighted by atomic mass is 10.1. The van der Waals surface area contributed by atoms with Crippen molar-refractivity contribution in [2.24, 2.45) is 4.99 Å². The van der Waals surface area contributed by atoms with Crippen molar-refractivity contribution in [3.05, 3.63) is 0 Å². The third kappa shape index (κ3) is 14.8. The van der Waals surface area contributed by atoms with Crippen LogP contribution in [0.25, 0.3) is 0 Å². The predicted molar refractivity (Wildman–Crippen MR) is 109 cm³/mol. The van der Waals surface area contributed by atoms with E-state index in [9.17, 15) is 4.79 Å². The van der Waals surface area contributed by atoms with Crippen LogP contribution in [0.5, 0.6) is 0 Å². The fourth-order valence-corrected chi connectivity index (χ4v) is 1.87. The minimum atomic E-state index is -0.506. The van der Waals surface area contributed by atoms with Crippen molar-refractivity contribution in [2.45, 2.75) is 65.5 Å². The molecule has 144 valence electrons. The van der Waals surface area contributed by atoms with Gasteiger partial charge in [0, 0.05) is 19.1 Å². The number of carbonyl (C=O) groups excluding carboxylic acids is 1. The molecule has 7 nitrogen and oxygen atoms in total. The van der Waals surface area contributed by atoms with Crippen molar-refractivity contribution in [2.75, 3.05) is 26.2 Å². The third-order valence-corrected chi connectivity index (χ3v) is 2.85. The molecule has 1 amide bonds. The maximum absolute atomic E-state index is 11.8. The van der Waals surface area contributed by atoms with E-state index in [-0.39, 0.29) is 36.6 Å². The molecule has 1 unspecified atom stereocenters. The number of amides is 1. The topological polar surface area (TPSA) is 95.0 Å². The predicted octanol–water partition coefficient (Wildman–Crippen LogP) is 2.24. The van der Waals surface area contributed by atoms with Gasteiger partial charge in [-0.1, -0.05) is 19.8 Å². The maximum Gasteiger partial charge on any atom is 0.407 e. The quantitative estimate of drug-likeness (QED) is 0.242. The maximum atomic E-state index is 11.8. The molecule has 0 bridgehead atoms. The Hall–Kier alpha value is -0.770. The van der Waals surface area contributed by atoms with E-state index in [2.05, 4.69) is 27.9 Å². The van der Waals surface area contributed by atoms with Crippen molar-refractivity contribution in [3.8, 4) is 0 Å². The zero-order valence-electron chi connectivity index (χ0n) is 15.6. The van der Waals surface area contributed by atoms with Gasteiger partial charge in [-0.05, 0) is 34.1 Å². The minimum Gasteiger partial charge on any atom is -0.444 e. The summed E-state index contributed by atoms with van der Waals surface area (Å²) in [7, 11) is 0. The number of aliphatic hydroxyl groups is 1. The second-order valence-corrected chi connectivity index (χ2v) is 6.35. The Morgan fingerprint density at radius 2 is 1.92 bits per heavy atom. The number of alkyl carbamates (subject to hydrolysis) is 1. The molecule has 0 aliphatic rings. The number of hydrogen-bond donors (Lipinski definition) is 4. The number of rotatable bonds is 9. The summed E-state index contributed by atoms with van der Waals surface area (Å²) in [5.74, 6) is 0.647. The number of carbonyl (C=O) groups is 1. The van der Waals surface area contributed by atoms with E-state index in [0.29, 0.717) is 19.0 Å². The Kier molecular flexibility index (Phi) is 15.5. The first-order valence-electron chi connectivity index (χ1n) is 8.44. The summed E-state index contributed by atoms with van der Waals surface area (Å²) < 4.78 is 5.25. The first-order chi connectivity index (χ1) is 10.8. The molecule has 8 heteroatoms. The molecule has 0 aromatic rings. The smallest absolute Gasteiger partial charge is 0.407 e. The lowest BCUT2D eigenvalue weighted by molar-refractivity contribution is 0.0523. The monoisotopic (exact) mass is 458 g/mol. The van der Waals surface area contributed by atoms with E-state index < -0.39 is 11.7 Å². The van der Waals surface area contributed by atoms with Gasteiger partial charge in [-0.3, -0.25) is 4.99 Å². The standard InChI is InChI=1S/C16H34N4O3.HI/c1-6-8-9-13(12-19-15(22)23-16(3,4)5)20-14(17-7-2)18-10-11-21;/h13,21H,6-12H2,1-5H3,(H,19,22)(H2,17,18,20);1H. The van der Waals surface area contributed by atoms with Gasteiger partial charge in [0.15, 0.2) is 5.96 Å². The van der Waals surface area contributed by atoms with Gasteiger partial charge in [0.05, 0.1) is 13.2 Å². The highest BCUT2D eigenvalue weighted by atomic mass is 127. The molecule has 4 N–H and O–H groups in total. The molecule has 0 fully saturated rings. The van der Waals surface area contributed by atoms with Gasteiger partial charge in [0.25, 0.3) is 0 Å². The van der Waals surface area contributed by atoms with Crippen LogP contribution in [0.1, 0.15) is 53.9 Å². The van der Waals surface area contributed by atoms with E-state index in [1.165, 1.54) is 0 Å². The zero-order valence-corrected chi connectivity index (χ0v) is 18.0. The lowest BCUT2D eigenvalue weighted by Gasteiger charge is -2.24. The van der Waals surface area contributed by atoms with Gasteiger partial charge < -0.3 is 25.8 Å². The highest BCUT2D eigenvalue weighted by Gasteiger charge is 2.17. The number of hydrogen-bond acceptors (Lipinski definition) is 4. The summed E-state index contributed by atoms with van der Waals surface area (Å²) in [4.78, 5) is 16.0. The molecule has 0 heterocycles. The number of unbranched alkanes of at least 4 members (excludes halogenated alkanes) is 1. The second kappa shape index (κ2) is 14.6. The molecule has 0 spiro atoms. The Labute approximate surface area is 163 Å². The van der Waals surface area contributed by atoms with Crippen LogP contribution in [0.4, 0.5) is 4.79 Å². The van der Waals surface area contributed by atoms with Crippen LogP contribution in [-0.4, -0.2) is 55.0 Å². The molecule has 0 saturated carbocycles. The molecule has 0 radical (unpaired) electrons. The summed E-state index contributed by atoms with van der Waals surface area (Å²) in [5, 5.41) is 18.1. The van der Waals surface area contributed by atoms with Gasteiger partial charge in [0.2, 0.25) is 0 Å². The second-order valence-electron chi connectivity index (χ2n) is 6.35. The van der Waals surface area contributed by atoms with E-state index in [0.717, 1.165) is 25.8 Å². The molecule has 0 aliphatic heterocycles. The van der Waals surface area contributed by atoms with Crippen molar-refractivity contribution >= 4 is 36.0 Å². The van der Waals surface area contributed by atoms with Gasteiger partial charge in [-0.2, -0.15) is 0 Å². The highest BCUT2D eigenvalue weighted by Crippen LogP contribution is 2.06. The van der Waals surface area contributed by atoms with Gasteiger partial charge >= 0.3 is 6.09 Å². The molecule has 0 aromatic heterocycles. The molecule has 0 saturated heterocycles. The summed E-state index contributed by atoms with van der Waals surface area (Å²) in [6.45, 7) is 11.2. The molecule has 0 aliphatic carbocycles. The number of aliphatic hydroxyl groups excluding tert-OH is 1. The molecule has 24 heavy (non-hydrogen) atoms. The van der Waals surface area contributed by atoms with Crippen molar-refractivity contribution in [1.82, 2.24) is 16.0 Å². The summed E-state index contributed by atoms with van der Waals surface area (Å²) in [5.41, 5.74) is -0.506. The fourth-order valence-electron chi connectivity index (χ4n) is 1.87. The Balaban J connectivity index is 0. The number of ether oxygens (including phenoxy) is 1. The van der Waals surface area contributed by atoms with Gasteiger partial charge in [-0.15, -0.1) is 24.0 Å². The van der Waals surface area contributed by atoms with E-state index in [1.54, 1.807) is 0 Å². The summed E-state index contributed by atoms with van der Waals surface area (Å²) in [6, 6.07) is 0.0546. The Morgan fingerprint density at radius 3 is 2.42 bits per heavy atom. The largest absolute Gasteiger partial charge is 0.444 e. The summed E-state index contributed by atoms with van der Waals surface area (Å²) >= 11 is 0. The number of nitrogens with one attached hydrogen (secondary N) is 3. The lowest BCUT2D eigenvalue weighted by Crippen LogP contribution is -2.49. The van der Waals surface area contributed by atoms with Crippen molar-refractivity contribution < 1.29 is 14.6 Å². The zero-order chi connectivity index (χ0) is 17.7. The molecular weight excluding hydrogens is 423 g/mol. The van der Waals surface area contributed by atoms with E-state index in [1.807, 2.05) is 27.7 Å².